The summed E-state index contributed by atoms with van der Waals surface area (Å²) in [6.45, 7) is 10.7. The summed E-state index contributed by atoms with van der Waals surface area (Å²) >= 11 is 0. The molecule has 2 heterocycles. The second kappa shape index (κ2) is 5.16. The van der Waals surface area contributed by atoms with Crippen LogP contribution in [-0.4, -0.2) is 14.9 Å². The number of benzene rings is 1. The number of anilines is 1. The lowest BCUT2D eigenvalue weighted by Gasteiger charge is -2.23. The zero-order valence-electron chi connectivity index (χ0n) is 13.9. The third-order valence-corrected chi connectivity index (χ3v) is 3.66. The van der Waals surface area contributed by atoms with Crippen molar-refractivity contribution in [3.8, 4) is 11.3 Å². The van der Waals surface area contributed by atoms with Gasteiger partial charge in [-0.15, -0.1) is 0 Å². The number of fused-ring (bicyclic) bond motifs is 1. The van der Waals surface area contributed by atoms with E-state index in [4.69, 9.17) is 4.98 Å². The molecule has 0 aliphatic heterocycles. The van der Waals surface area contributed by atoms with Gasteiger partial charge in [-0.2, -0.15) is 0 Å². The monoisotopic (exact) mass is 293 g/mol. The van der Waals surface area contributed by atoms with Gasteiger partial charge in [-0.1, -0.05) is 35.9 Å². The van der Waals surface area contributed by atoms with Crippen molar-refractivity contribution in [3.63, 3.8) is 0 Å². The van der Waals surface area contributed by atoms with E-state index in [9.17, 15) is 0 Å². The maximum Gasteiger partial charge on any atom is 0.139 e. The molecule has 0 spiro atoms. The molecule has 3 rings (SSSR count). The van der Waals surface area contributed by atoms with Gasteiger partial charge in [-0.25, -0.2) is 4.98 Å². The summed E-state index contributed by atoms with van der Waals surface area (Å²) in [6.07, 6.45) is 0. The van der Waals surface area contributed by atoms with Crippen molar-refractivity contribution >= 4 is 11.5 Å². The average molecular weight is 293 g/mol. The minimum Gasteiger partial charge on any atom is -0.365 e. The van der Waals surface area contributed by atoms with Crippen LogP contribution < -0.4 is 5.32 Å². The maximum absolute atomic E-state index is 4.86. The molecule has 0 aliphatic carbocycles. The lowest BCUT2D eigenvalue weighted by atomic mass is 10.1. The Morgan fingerprint density at radius 2 is 1.64 bits per heavy atom. The highest BCUT2D eigenvalue weighted by atomic mass is 15.2. The van der Waals surface area contributed by atoms with E-state index in [-0.39, 0.29) is 5.54 Å². The number of imidazole rings is 1. The van der Waals surface area contributed by atoms with Crippen molar-refractivity contribution in [3.05, 3.63) is 53.7 Å². The molecule has 0 radical (unpaired) electrons. The molecule has 0 bridgehead atoms. The first kappa shape index (κ1) is 14.6. The summed E-state index contributed by atoms with van der Waals surface area (Å²) < 4.78 is 2.19. The molecule has 3 heteroatoms. The van der Waals surface area contributed by atoms with Crippen LogP contribution in [-0.2, 0) is 0 Å². The van der Waals surface area contributed by atoms with Crippen molar-refractivity contribution < 1.29 is 0 Å². The molecule has 0 amide bonds. The van der Waals surface area contributed by atoms with Crippen LogP contribution >= 0.6 is 0 Å². The van der Waals surface area contributed by atoms with E-state index >= 15 is 0 Å². The van der Waals surface area contributed by atoms with Crippen LogP contribution in [0.4, 0.5) is 5.82 Å². The molecule has 0 saturated heterocycles. The Morgan fingerprint density at radius 1 is 0.955 bits per heavy atom. The first-order valence-corrected chi connectivity index (χ1v) is 7.68. The zero-order valence-corrected chi connectivity index (χ0v) is 13.9. The molecule has 1 aromatic carbocycles. The van der Waals surface area contributed by atoms with Crippen molar-refractivity contribution in [2.24, 2.45) is 0 Å². The van der Waals surface area contributed by atoms with E-state index in [1.165, 1.54) is 11.3 Å². The Balaban J connectivity index is 2.26. The molecule has 22 heavy (non-hydrogen) atoms. The largest absolute Gasteiger partial charge is 0.365 e. The highest BCUT2D eigenvalue weighted by Gasteiger charge is 2.19. The molecule has 0 fully saturated rings. The van der Waals surface area contributed by atoms with Gasteiger partial charge in [0.05, 0.1) is 0 Å². The Bertz CT molecular complexity index is 805. The Morgan fingerprint density at radius 3 is 2.27 bits per heavy atom. The van der Waals surface area contributed by atoms with Crippen molar-refractivity contribution in [1.29, 1.82) is 0 Å². The molecule has 3 nitrogen and oxygen atoms in total. The summed E-state index contributed by atoms with van der Waals surface area (Å²) in [4.78, 5) is 4.86. The van der Waals surface area contributed by atoms with Crippen LogP contribution in [0.15, 0.2) is 42.5 Å². The fourth-order valence-electron chi connectivity index (χ4n) is 2.64. The summed E-state index contributed by atoms with van der Waals surface area (Å²) in [7, 11) is 0. The molecular formula is C19H23N3. The highest BCUT2D eigenvalue weighted by molar-refractivity contribution is 5.77. The van der Waals surface area contributed by atoms with E-state index in [0.717, 1.165) is 22.7 Å². The van der Waals surface area contributed by atoms with Crippen LogP contribution in [0, 0.1) is 13.8 Å². The van der Waals surface area contributed by atoms with Gasteiger partial charge in [0, 0.05) is 16.8 Å². The Hall–Kier alpha value is -2.29. The summed E-state index contributed by atoms with van der Waals surface area (Å²) in [6, 6.07) is 14.8. The van der Waals surface area contributed by atoms with Gasteiger partial charge < -0.3 is 5.32 Å². The van der Waals surface area contributed by atoms with Crippen LogP contribution in [0.2, 0.25) is 0 Å². The quantitative estimate of drug-likeness (QED) is 0.733. The van der Waals surface area contributed by atoms with Gasteiger partial charge >= 0.3 is 0 Å². The number of aryl methyl sites for hydroxylation is 2. The van der Waals surface area contributed by atoms with E-state index < -0.39 is 0 Å². The third kappa shape index (κ3) is 2.71. The fraction of sp³-hybridized carbons (Fsp3) is 0.316. The third-order valence-electron chi connectivity index (χ3n) is 3.66. The van der Waals surface area contributed by atoms with Crippen LogP contribution in [0.3, 0.4) is 0 Å². The molecule has 0 saturated carbocycles. The number of nitrogens with one attached hydrogen (secondary N) is 1. The van der Waals surface area contributed by atoms with Gasteiger partial charge in [0.1, 0.15) is 17.2 Å². The number of hydrogen-bond donors (Lipinski definition) is 1. The standard InChI is InChI=1S/C19H23N3/c1-13-9-11-15(12-10-13)17-18(21-19(3,4)5)22-14(2)7-6-8-16(22)20-17/h6-12,21H,1-5H3. The predicted molar refractivity (Wildman–Crippen MR) is 93.5 cm³/mol. The number of rotatable bonds is 2. The first-order chi connectivity index (χ1) is 10.3. The predicted octanol–water partition coefficient (Wildman–Crippen LogP) is 4.83. The van der Waals surface area contributed by atoms with E-state index in [0.29, 0.717) is 0 Å². The van der Waals surface area contributed by atoms with Crippen LogP contribution in [0.5, 0.6) is 0 Å². The average Bonchev–Trinajstić information content (AvgIpc) is 2.78. The second-order valence-electron chi connectivity index (χ2n) is 6.91. The van der Waals surface area contributed by atoms with Gasteiger partial charge in [0.15, 0.2) is 0 Å². The fourth-order valence-corrected chi connectivity index (χ4v) is 2.64. The summed E-state index contributed by atoms with van der Waals surface area (Å²) in [5, 5.41) is 3.63. The van der Waals surface area contributed by atoms with E-state index in [2.05, 4.69) is 86.8 Å². The molecule has 114 valence electrons. The SMILES string of the molecule is Cc1ccc(-c2nc3cccc(C)n3c2NC(C)(C)C)cc1. The lowest BCUT2D eigenvalue weighted by Crippen LogP contribution is -2.27. The minimum atomic E-state index is -0.0301. The van der Waals surface area contributed by atoms with Gasteiger partial charge in [0.25, 0.3) is 0 Å². The first-order valence-electron chi connectivity index (χ1n) is 7.68. The molecule has 1 N–H and O–H groups in total. The van der Waals surface area contributed by atoms with Crippen molar-refractivity contribution in [1.82, 2.24) is 9.38 Å². The number of hydrogen-bond acceptors (Lipinski definition) is 2. The van der Waals surface area contributed by atoms with Gasteiger partial charge in [-0.05, 0) is 46.8 Å². The molecule has 0 atom stereocenters. The smallest absolute Gasteiger partial charge is 0.139 e. The van der Waals surface area contributed by atoms with Crippen molar-refractivity contribution in [2.75, 3.05) is 5.32 Å². The zero-order chi connectivity index (χ0) is 15.9. The number of pyridine rings is 1. The van der Waals surface area contributed by atoms with Crippen LogP contribution in [0.1, 0.15) is 32.0 Å². The summed E-state index contributed by atoms with van der Waals surface area (Å²) in [5.74, 6) is 1.06. The topological polar surface area (TPSA) is 29.3 Å². The number of nitrogens with zero attached hydrogens (tertiary/aromatic N) is 2. The highest BCUT2D eigenvalue weighted by Crippen LogP contribution is 2.31. The second-order valence-corrected chi connectivity index (χ2v) is 6.91. The van der Waals surface area contributed by atoms with E-state index in [1.807, 2.05) is 0 Å². The lowest BCUT2D eigenvalue weighted by molar-refractivity contribution is 0.629. The Labute approximate surface area is 132 Å². The van der Waals surface area contributed by atoms with E-state index in [1.54, 1.807) is 0 Å². The molecular weight excluding hydrogens is 270 g/mol. The molecule has 3 aromatic rings. The number of aromatic nitrogens is 2. The summed E-state index contributed by atoms with van der Waals surface area (Å²) in [5.41, 5.74) is 5.52. The molecule has 2 aromatic heterocycles. The van der Waals surface area contributed by atoms with Crippen LogP contribution in [0.25, 0.3) is 16.9 Å². The van der Waals surface area contributed by atoms with Gasteiger partial charge in [-0.3, -0.25) is 4.40 Å². The van der Waals surface area contributed by atoms with Gasteiger partial charge in [0.2, 0.25) is 0 Å². The molecule has 0 unspecified atom stereocenters. The van der Waals surface area contributed by atoms with Crippen molar-refractivity contribution in [2.45, 2.75) is 40.2 Å². The Kier molecular flexibility index (Phi) is 3.44. The maximum atomic E-state index is 4.86. The minimum absolute atomic E-state index is 0.0301. The molecule has 0 aliphatic rings. The normalized spacial score (nSPS) is 11.9.